The Balaban J connectivity index is 2.64. The van der Waals surface area contributed by atoms with Crippen molar-refractivity contribution in [2.75, 3.05) is 12.8 Å². The van der Waals surface area contributed by atoms with Crippen molar-refractivity contribution >= 4 is 24.4 Å². The molecule has 1 aliphatic carbocycles. The number of hydrogen-bond acceptors (Lipinski definition) is 3. The van der Waals surface area contributed by atoms with Gasteiger partial charge < -0.3 is 5.32 Å². The molecule has 0 saturated carbocycles. The quantitative estimate of drug-likeness (QED) is 0.371. The summed E-state index contributed by atoms with van der Waals surface area (Å²) in [4.78, 5) is 2.22. The Hall–Kier alpha value is -1.06. The minimum atomic E-state index is 0.403. The molecule has 1 rings (SSSR count). The summed E-state index contributed by atoms with van der Waals surface area (Å²) in [5, 5.41) is 3.47. The predicted octanol–water partition coefficient (Wildman–Crippen LogP) is 5.64. The van der Waals surface area contributed by atoms with Crippen molar-refractivity contribution in [3.05, 3.63) is 70.7 Å². The molecule has 3 heteroatoms. The number of allylic oxidation sites excluding steroid dienone is 7. The molecule has 0 aromatic heterocycles. The van der Waals surface area contributed by atoms with Gasteiger partial charge in [0.05, 0.1) is 0 Å². The van der Waals surface area contributed by atoms with Gasteiger partial charge in [0.2, 0.25) is 0 Å². The molecule has 0 bridgehead atoms. The van der Waals surface area contributed by atoms with Crippen LogP contribution in [0.1, 0.15) is 26.2 Å². The smallest absolute Gasteiger partial charge is 0.0297 e. The van der Waals surface area contributed by atoms with Gasteiger partial charge in [-0.15, -0.1) is 24.4 Å². The summed E-state index contributed by atoms with van der Waals surface area (Å²) in [6, 6.07) is 0. The Bertz CT molecular complexity index is 496. The average molecular weight is 334 g/mol. The van der Waals surface area contributed by atoms with Crippen molar-refractivity contribution < 1.29 is 0 Å². The van der Waals surface area contributed by atoms with Gasteiger partial charge in [0.1, 0.15) is 0 Å². The topological polar surface area (TPSA) is 12.0 Å². The number of thioether (sulfide) groups is 1. The van der Waals surface area contributed by atoms with Crippen LogP contribution in [0.15, 0.2) is 70.7 Å². The average Bonchev–Trinajstić information content (AvgIpc) is 2.52. The van der Waals surface area contributed by atoms with Crippen LogP contribution in [0.25, 0.3) is 0 Å². The Kier molecular flexibility index (Phi) is 9.93. The van der Waals surface area contributed by atoms with Gasteiger partial charge >= 0.3 is 0 Å². The molecule has 0 aromatic carbocycles. The van der Waals surface area contributed by atoms with Gasteiger partial charge in [0, 0.05) is 18.2 Å². The second-order valence-electron chi connectivity index (χ2n) is 5.16. The van der Waals surface area contributed by atoms with Crippen LogP contribution in [0.3, 0.4) is 0 Å². The van der Waals surface area contributed by atoms with Gasteiger partial charge in [-0.3, -0.25) is 0 Å². The molecule has 0 aromatic rings. The molecule has 1 unspecified atom stereocenters. The van der Waals surface area contributed by atoms with Crippen LogP contribution in [0, 0.1) is 5.92 Å². The molecule has 0 radical (unpaired) electrons. The van der Waals surface area contributed by atoms with E-state index in [-0.39, 0.29) is 0 Å². The van der Waals surface area contributed by atoms with E-state index >= 15 is 0 Å². The summed E-state index contributed by atoms with van der Waals surface area (Å²) in [6.07, 6.45) is 23.0. The highest BCUT2D eigenvalue weighted by molar-refractivity contribution is 8.02. The summed E-state index contributed by atoms with van der Waals surface area (Å²) >= 11 is 6.03. The van der Waals surface area contributed by atoms with Crippen LogP contribution < -0.4 is 5.32 Å². The van der Waals surface area contributed by atoms with Crippen molar-refractivity contribution in [2.24, 2.45) is 5.92 Å². The molecule has 0 amide bonds. The molecule has 0 spiro atoms. The number of rotatable bonds is 6. The summed E-state index contributed by atoms with van der Waals surface area (Å²) in [6.45, 7) is 6.68. The van der Waals surface area contributed by atoms with E-state index < -0.39 is 0 Å². The largest absolute Gasteiger partial charge is 0.384 e. The van der Waals surface area contributed by atoms with Gasteiger partial charge in [0.25, 0.3) is 0 Å². The van der Waals surface area contributed by atoms with Crippen molar-refractivity contribution in [1.29, 1.82) is 0 Å². The molecule has 120 valence electrons. The molecule has 1 aliphatic rings. The third-order valence-electron chi connectivity index (χ3n) is 3.39. The molecule has 1 nitrogen and oxygen atoms in total. The van der Waals surface area contributed by atoms with E-state index in [1.54, 1.807) is 0 Å². The van der Waals surface area contributed by atoms with E-state index in [0.717, 1.165) is 23.6 Å². The van der Waals surface area contributed by atoms with Gasteiger partial charge in [-0.2, -0.15) is 0 Å². The standard InChI is InChI=1S/C19H27NS2/c1-4-18(14-13-16(2)21)20-15-17-9-6-5-7-11-19(22-3)12-8-10-17/h4,6,8-10,12-14,17,20-21H,2,5,7,11,15H2,1,3H3/b9-6?,10-8?,14-13-,18-4+,19-12+. The summed E-state index contributed by atoms with van der Waals surface area (Å²) in [5.74, 6) is 0.403. The van der Waals surface area contributed by atoms with E-state index in [2.05, 4.69) is 67.2 Å². The van der Waals surface area contributed by atoms with E-state index in [1.165, 1.54) is 17.7 Å². The number of thiol groups is 1. The van der Waals surface area contributed by atoms with Gasteiger partial charge in [0.15, 0.2) is 0 Å². The highest BCUT2D eigenvalue weighted by Crippen LogP contribution is 2.20. The monoisotopic (exact) mass is 333 g/mol. The van der Waals surface area contributed by atoms with E-state index in [4.69, 9.17) is 0 Å². The third kappa shape index (κ3) is 8.40. The van der Waals surface area contributed by atoms with Gasteiger partial charge in [-0.05, 0) is 54.4 Å². The molecule has 22 heavy (non-hydrogen) atoms. The maximum Gasteiger partial charge on any atom is 0.0297 e. The van der Waals surface area contributed by atoms with E-state index in [9.17, 15) is 0 Å². The SMILES string of the molecule is C=C(S)/C=C\C(=C/C)NCC1C=C/C=C(/SC)CCCC=C1. The van der Waals surface area contributed by atoms with Crippen molar-refractivity contribution in [3.63, 3.8) is 0 Å². The molecular weight excluding hydrogens is 306 g/mol. The van der Waals surface area contributed by atoms with E-state index in [0.29, 0.717) is 5.92 Å². The highest BCUT2D eigenvalue weighted by Gasteiger charge is 2.02. The van der Waals surface area contributed by atoms with Gasteiger partial charge in [-0.25, -0.2) is 0 Å². The Morgan fingerprint density at radius 1 is 1.45 bits per heavy atom. The fourth-order valence-corrected chi connectivity index (χ4v) is 2.74. The van der Waals surface area contributed by atoms with Crippen molar-refractivity contribution in [1.82, 2.24) is 5.32 Å². The predicted molar refractivity (Wildman–Crippen MR) is 106 cm³/mol. The molecule has 1 atom stereocenters. The lowest BCUT2D eigenvalue weighted by Gasteiger charge is -2.13. The second-order valence-corrected chi connectivity index (χ2v) is 6.66. The van der Waals surface area contributed by atoms with Crippen LogP contribution in [0.4, 0.5) is 0 Å². The molecule has 0 heterocycles. The second kappa shape index (κ2) is 11.5. The fourth-order valence-electron chi connectivity index (χ4n) is 2.10. The zero-order chi connectivity index (χ0) is 16.2. The van der Waals surface area contributed by atoms with Gasteiger partial charge in [-0.1, -0.05) is 43.0 Å². The molecular formula is C19H27NS2. The number of nitrogens with one attached hydrogen (secondary N) is 1. The minimum Gasteiger partial charge on any atom is -0.384 e. The highest BCUT2D eigenvalue weighted by atomic mass is 32.2. The Labute approximate surface area is 145 Å². The lowest BCUT2D eigenvalue weighted by atomic mass is 10.1. The first-order valence-electron chi connectivity index (χ1n) is 7.70. The summed E-state index contributed by atoms with van der Waals surface area (Å²) < 4.78 is 0. The minimum absolute atomic E-state index is 0.403. The fraction of sp³-hybridized carbons (Fsp3) is 0.368. The first-order chi connectivity index (χ1) is 10.7. The molecule has 0 aliphatic heterocycles. The lowest BCUT2D eigenvalue weighted by Crippen LogP contribution is -2.19. The van der Waals surface area contributed by atoms with Crippen molar-refractivity contribution in [2.45, 2.75) is 26.2 Å². The maximum absolute atomic E-state index is 4.18. The van der Waals surface area contributed by atoms with Crippen molar-refractivity contribution in [3.8, 4) is 0 Å². The molecule has 0 saturated heterocycles. The van der Waals surface area contributed by atoms with Crippen LogP contribution in [0.5, 0.6) is 0 Å². The van der Waals surface area contributed by atoms with Crippen LogP contribution >= 0.6 is 24.4 Å². The van der Waals surface area contributed by atoms with Crippen LogP contribution in [-0.2, 0) is 0 Å². The lowest BCUT2D eigenvalue weighted by molar-refractivity contribution is 0.706. The first kappa shape index (κ1) is 19.0. The summed E-state index contributed by atoms with van der Waals surface area (Å²) in [5.41, 5.74) is 1.09. The third-order valence-corrected chi connectivity index (χ3v) is 4.40. The maximum atomic E-state index is 4.18. The van der Waals surface area contributed by atoms with Crippen LogP contribution in [0.2, 0.25) is 0 Å². The number of hydrogen-bond donors (Lipinski definition) is 2. The normalized spacial score (nSPS) is 22.4. The summed E-state index contributed by atoms with van der Waals surface area (Å²) in [7, 11) is 0. The van der Waals surface area contributed by atoms with E-state index in [1.807, 2.05) is 30.8 Å². The Morgan fingerprint density at radius 3 is 2.95 bits per heavy atom. The first-order valence-corrected chi connectivity index (χ1v) is 9.37. The molecule has 1 N–H and O–H groups in total. The zero-order valence-electron chi connectivity index (χ0n) is 13.6. The zero-order valence-corrected chi connectivity index (χ0v) is 15.3. The van der Waals surface area contributed by atoms with Crippen LogP contribution in [-0.4, -0.2) is 12.8 Å². The molecule has 0 fully saturated rings. The Morgan fingerprint density at radius 2 is 2.27 bits per heavy atom.